The van der Waals surface area contributed by atoms with Gasteiger partial charge in [0.25, 0.3) is 5.89 Å². The van der Waals surface area contributed by atoms with Crippen molar-refractivity contribution in [3.8, 4) is 0 Å². The monoisotopic (exact) mass is 252 g/mol. The molecule has 6 nitrogen and oxygen atoms in total. The minimum absolute atomic E-state index is 0.111. The van der Waals surface area contributed by atoms with E-state index in [0.717, 1.165) is 18.7 Å². The third kappa shape index (κ3) is 1.94. The highest BCUT2D eigenvalue weighted by atomic mass is 16.5. The van der Waals surface area contributed by atoms with Crippen LogP contribution in [0.15, 0.2) is 4.52 Å². The zero-order chi connectivity index (χ0) is 12.7. The summed E-state index contributed by atoms with van der Waals surface area (Å²) in [5, 5.41) is 13.6. The van der Waals surface area contributed by atoms with Gasteiger partial charge in [-0.15, -0.1) is 0 Å². The van der Waals surface area contributed by atoms with Gasteiger partial charge in [-0.3, -0.25) is 0 Å². The molecular formula is C12H20N4O2. The van der Waals surface area contributed by atoms with Crippen molar-refractivity contribution < 1.29 is 9.63 Å². The van der Waals surface area contributed by atoms with Crippen molar-refractivity contribution >= 4 is 0 Å². The molecule has 0 aromatic carbocycles. The van der Waals surface area contributed by atoms with Gasteiger partial charge >= 0.3 is 0 Å². The van der Waals surface area contributed by atoms with Gasteiger partial charge < -0.3 is 20.3 Å². The molecule has 18 heavy (non-hydrogen) atoms. The highest BCUT2D eigenvalue weighted by molar-refractivity contribution is 5.05. The van der Waals surface area contributed by atoms with E-state index in [1.165, 1.54) is 12.8 Å². The SMILES string of the molecule is CN1C2CCC1CC(c1noc([C@@H](O)CN)n1)C2. The van der Waals surface area contributed by atoms with E-state index in [0.29, 0.717) is 18.0 Å². The van der Waals surface area contributed by atoms with Crippen LogP contribution in [0.25, 0.3) is 0 Å². The number of nitrogens with two attached hydrogens (primary N) is 1. The first kappa shape index (κ1) is 12.1. The largest absolute Gasteiger partial charge is 0.382 e. The maximum Gasteiger partial charge on any atom is 0.256 e. The third-order valence-electron chi connectivity index (χ3n) is 4.43. The fourth-order valence-electron chi connectivity index (χ4n) is 3.27. The molecule has 0 aliphatic carbocycles. The lowest BCUT2D eigenvalue weighted by Crippen LogP contribution is -2.39. The molecule has 2 fully saturated rings. The Morgan fingerprint density at radius 1 is 1.44 bits per heavy atom. The zero-order valence-corrected chi connectivity index (χ0v) is 10.6. The lowest BCUT2D eigenvalue weighted by molar-refractivity contribution is 0.141. The van der Waals surface area contributed by atoms with E-state index in [2.05, 4.69) is 22.1 Å². The fourth-order valence-corrected chi connectivity index (χ4v) is 3.27. The summed E-state index contributed by atoms with van der Waals surface area (Å²) in [6.45, 7) is 0.111. The summed E-state index contributed by atoms with van der Waals surface area (Å²) in [4.78, 5) is 6.78. The molecule has 2 saturated heterocycles. The summed E-state index contributed by atoms with van der Waals surface area (Å²) >= 11 is 0. The molecule has 0 spiro atoms. The first-order chi connectivity index (χ1) is 8.69. The van der Waals surface area contributed by atoms with Crippen LogP contribution in [0.2, 0.25) is 0 Å². The first-order valence-electron chi connectivity index (χ1n) is 6.62. The zero-order valence-electron chi connectivity index (χ0n) is 10.6. The molecule has 2 aliphatic rings. The van der Waals surface area contributed by atoms with Crippen molar-refractivity contribution in [3.63, 3.8) is 0 Å². The van der Waals surface area contributed by atoms with Gasteiger partial charge in [-0.2, -0.15) is 4.98 Å². The highest BCUT2D eigenvalue weighted by Gasteiger charge is 2.40. The van der Waals surface area contributed by atoms with Crippen molar-refractivity contribution in [2.45, 2.75) is 49.8 Å². The number of hydrogen-bond acceptors (Lipinski definition) is 6. The van der Waals surface area contributed by atoms with E-state index in [1.807, 2.05) is 0 Å². The molecule has 3 atom stereocenters. The molecule has 1 aromatic heterocycles. The molecule has 100 valence electrons. The Morgan fingerprint density at radius 2 is 2.11 bits per heavy atom. The van der Waals surface area contributed by atoms with Gasteiger partial charge in [0, 0.05) is 24.5 Å². The molecular weight excluding hydrogens is 232 g/mol. The van der Waals surface area contributed by atoms with E-state index in [9.17, 15) is 5.11 Å². The number of piperidine rings is 1. The molecule has 3 heterocycles. The minimum Gasteiger partial charge on any atom is -0.382 e. The Morgan fingerprint density at radius 3 is 2.72 bits per heavy atom. The van der Waals surface area contributed by atoms with Crippen LogP contribution >= 0.6 is 0 Å². The van der Waals surface area contributed by atoms with Gasteiger partial charge in [0.2, 0.25) is 0 Å². The molecule has 6 heteroatoms. The van der Waals surface area contributed by atoms with Gasteiger partial charge in [0.15, 0.2) is 5.82 Å². The summed E-state index contributed by atoms with van der Waals surface area (Å²) in [5.41, 5.74) is 5.38. The summed E-state index contributed by atoms with van der Waals surface area (Å²) in [6.07, 6.45) is 3.88. The average Bonchev–Trinajstić information content (AvgIpc) is 2.92. The predicted molar refractivity (Wildman–Crippen MR) is 64.9 cm³/mol. The van der Waals surface area contributed by atoms with Crippen LogP contribution in [0.4, 0.5) is 0 Å². The summed E-state index contributed by atoms with van der Waals surface area (Å²) in [5.74, 6) is 1.35. The van der Waals surface area contributed by atoms with Crippen molar-refractivity contribution in [1.82, 2.24) is 15.0 Å². The molecule has 2 bridgehead atoms. The summed E-state index contributed by atoms with van der Waals surface area (Å²) < 4.78 is 5.08. The van der Waals surface area contributed by atoms with Gasteiger partial charge in [0.05, 0.1) is 0 Å². The summed E-state index contributed by atoms with van der Waals surface area (Å²) in [6, 6.07) is 1.30. The second-order valence-corrected chi connectivity index (χ2v) is 5.46. The van der Waals surface area contributed by atoms with Crippen LogP contribution in [0.3, 0.4) is 0 Å². The number of aliphatic hydroxyl groups excluding tert-OH is 1. The molecule has 2 unspecified atom stereocenters. The standard InChI is InChI=1S/C12H20N4O2/c1-16-8-2-3-9(16)5-7(4-8)11-14-12(18-15-11)10(17)6-13/h7-10,17H,2-6,13H2,1H3/t7?,8?,9?,10-/m0/s1. The molecule has 0 saturated carbocycles. The summed E-state index contributed by atoms with van der Waals surface area (Å²) in [7, 11) is 2.21. The molecule has 1 aromatic rings. The smallest absolute Gasteiger partial charge is 0.256 e. The Labute approximate surface area is 106 Å². The molecule has 2 aliphatic heterocycles. The Balaban J connectivity index is 1.74. The fraction of sp³-hybridized carbons (Fsp3) is 0.833. The Bertz CT molecular complexity index is 408. The Hall–Kier alpha value is -0.980. The first-order valence-corrected chi connectivity index (χ1v) is 6.62. The van der Waals surface area contributed by atoms with E-state index in [4.69, 9.17) is 10.3 Å². The second-order valence-electron chi connectivity index (χ2n) is 5.46. The van der Waals surface area contributed by atoms with Crippen molar-refractivity contribution in [2.75, 3.05) is 13.6 Å². The van der Waals surface area contributed by atoms with E-state index in [1.54, 1.807) is 0 Å². The predicted octanol–water partition coefficient (Wildman–Crippen LogP) is 0.402. The molecule has 3 rings (SSSR count). The maximum atomic E-state index is 9.57. The van der Waals surface area contributed by atoms with Crippen LogP contribution < -0.4 is 5.73 Å². The van der Waals surface area contributed by atoms with Crippen LogP contribution in [-0.4, -0.2) is 45.8 Å². The average molecular weight is 252 g/mol. The van der Waals surface area contributed by atoms with Crippen molar-refractivity contribution in [2.24, 2.45) is 5.73 Å². The number of hydrogen-bond donors (Lipinski definition) is 2. The van der Waals surface area contributed by atoms with Crippen LogP contribution in [0, 0.1) is 0 Å². The highest BCUT2D eigenvalue weighted by Crippen LogP contribution is 2.41. The number of nitrogens with zero attached hydrogens (tertiary/aromatic N) is 3. The van der Waals surface area contributed by atoms with Crippen LogP contribution in [-0.2, 0) is 0 Å². The van der Waals surface area contributed by atoms with E-state index >= 15 is 0 Å². The number of aliphatic hydroxyl groups is 1. The van der Waals surface area contributed by atoms with Crippen LogP contribution in [0.1, 0.15) is 49.4 Å². The molecule has 0 amide bonds. The second kappa shape index (κ2) is 4.60. The minimum atomic E-state index is -0.839. The third-order valence-corrected chi connectivity index (χ3v) is 4.43. The van der Waals surface area contributed by atoms with Gasteiger partial charge in [-0.25, -0.2) is 0 Å². The van der Waals surface area contributed by atoms with Crippen LogP contribution in [0.5, 0.6) is 0 Å². The van der Waals surface area contributed by atoms with Gasteiger partial charge in [-0.05, 0) is 32.7 Å². The van der Waals surface area contributed by atoms with Crippen molar-refractivity contribution in [1.29, 1.82) is 0 Å². The Kier molecular flexibility index (Phi) is 3.09. The lowest BCUT2D eigenvalue weighted by Gasteiger charge is -2.34. The molecule has 3 N–H and O–H groups in total. The maximum absolute atomic E-state index is 9.57. The normalized spacial score (nSPS) is 33.8. The van der Waals surface area contributed by atoms with E-state index in [-0.39, 0.29) is 12.4 Å². The number of rotatable bonds is 3. The molecule has 0 radical (unpaired) electrons. The number of aromatic nitrogens is 2. The van der Waals surface area contributed by atoms with Gasteiger partial charge in [-0.1, -0.05) is 5.16 Å². The number of fused-ring (bicyclic) bond motifs is 2. The quantitative estimate of drug-likeness (QED) is 0.809. The van der Waals surface area contributed by atoms with Gasteiger partial charge in [0.1, 0.15) is 6.10 Å². The lowest BCUT2D eigenvalue weighted by atomic mass is 9.90. The topological polar surface area (TPSA) is 88.4 Å². The van der Waals surface area contributed by atoms with Crippen molar-refractivity contribution in [3.05, 3.63) is 11.7 Å². The van der Waals surface area contributed by atoms with E-state index < -0.39 is 6.10 Å².